The van der Waals surface area contributed by atoms with Crippen LogP contribution in [0.4, 0.5) is 10.1 Å². The summed E-state index contributed by atoms with van der Waals surface area (Å²) in [6.07, 6.45) is -0.620. The quantitative estimate of drug-likeness (QED) is 0.568. The number of benzene rings is 1. The lowest BCUT2D eigenvalue weighted by Crippen LogP contribution is -2.15. The van der Waals surface area contributed by atoms with Crippen LogP contribution in [0.15, 0.2) is 17.0 Å². The molecule has 0 fully saturated rings. The Hall–Kier alpha value is -1.27. The van der Waals surface area contributed by atoms with Crippen LogP contribution in [0.2, 0.25) is 0 Å². The summed E-state index contributed by atoms with van der Waals surface area (Å²) >= 11 is 1.07. The Balaban J connectivity index is 3.08. The molecule has 0 aliphatic carbocycles. The van der Waals surface area contributed by atoms with E-state index in [0.29, 0.717) is 0 Å². The molecule has 0 aromatic heterocycles. The smallest absolute Gasteiger partial charge is 0.337 e. The number of nitrogens with two attached hydrogens (primary N) is 1. The number of aliphatic hydroxyl groups excluding tert-OH is 1. The predicted molar refractivity (Wildman–Crippen MR) is 64.8 cm³/mol. The molecule has 1 rings (SSSR count). The van der Waals surface area contributed by atoms with Gasteiger partial charge in [-0.05, 0) is 19.1 Å². The number of carboxylic acids is 1. The van der Waals surface area contributed by atoms with Gasteiger partial charge in [0.25, 0.3) is 0 Å². The van der Waals surface area contributed by atoms with Crippen LogP contribution in [0.25, 0.3) is 0 Å². The highest BCUT2D eigenvalue weighted by Gasteiger charge is 2.17. The maximum Gasteiger partial charge on any atom is 0.337 e. The van der Waals surface area contributed by atoms with Gasteiger partial charge in [-0.2, -0.15) is 0 Å². The normalized spacial score (nSPS) is 14.4. The zero-order chi connectivity index (χ0) is 13.2. The Bertz CT molecular complexity index is 437. The Morgan fingerprint density at radius 3 is 2.53 bits per heavy atom. The molecule has 6 heteroatoms. The van der Waals surface area contributed by atoms with Crippen molar-refractivity contribution in [2.75, 3.05) is 5.73 Å². The first kappa shape index (κ1) is 13.8. The van der Waals surface area contributed by atoms with Crippen molar-refractivity contribution in [2.24, 2.45) is 0 Å². The third-order valence-corrected chi connectivity index (χ3v) is 3.66. The van der Waals surface area contributed by atoms with Crippen LogP contribution in [0.5, 0.6) is 0 Å². The Labute approximate surface area is 103 Å². The fourth-order valence-electron chi connectivity index (χ4n) is 1.14. The van der Waals surface area contributed by atoms with E-state index in [1.165, 1.54) is 6.07 Å². The zero-order valence-corrected chi connectivity index (χ0v) is 10.3. The van der Waals surface area contributed by atoms with Gasteiger partial charge in [0.05, 0.1) is 11.7 Å². The molecular weight excluding hydrogens is 245 g/mol. The van der Waals surface area contributed by atoms with Gasteiger partial charge in [0.15, 0.2) is 0 Å². The second kappa shape index (κ2) is 5.37. The van der Waals surface area contributed by atoms with Crippen molar-refractivity contribution >= 4 is 23.4 Å². The number of rotatable bonds is 4. The van der Waals surface area contributed by atoms with Crippen LogP contribution in [-0.2, 0) is 0 Å². The van der Waals surface area contributed by atoms with Gasteiger partial charge in [-0.3, -0.25) is 0 Å². The summed E-state index contributed by atoms with van der Waals surface area (Å²) < 4.78 is 13.5. The molecule has 1 aromatic carbocycles. The molecular formula is C11H14FNO3S. The first-order valence-corrected chi connectivity index (χ1v) is 5.88. The van der Waals surface area contributed by atoms with Crippen molar-refractivity contribution in [3.63, 3.8) is 0 Å². The molecule has 0 saturated heterocycles. The van der Waals surface area contributed by atoms with Crippen LogP contribution < -0.4 is 5.73 Å². The lowest BCUT2D eigenvalue weighted by molar-refractivity contribution is 0.0697. The summed E-state index contributed by atoms with van der Waals surface area (Å²) in [7, 11) is 0. The number of anilines is 1. The van der Waals surface area contributed by atoms with E-state index in [1.807, 2.05) is 0 Å². The van der Waals surface area contributed by atoms with E-state index in [-0.39, 0.29) is 21.4 Å². The lowest BCUT2D eigenvalue weighted by atomic mass is 10.2. The maximum atomic E-state index is 13.5. The Kier molecular flexibility index (Phi) is 4.36. The van der Waals surface area contributed by atoms with Gasteiger partial charge in [-0.15, -0.1) is 11.8 Å². The van der Waals surface area contributed by atoms with E-state index in [2.05, 4.69) is 0 Å². The van der Waals surface area contributed by atoms with E-state index in [0.717, 1.165) is 17.8 Å². The molecule has 0 spiro atoms. The second-order valence-corrected chi connectivity index (χ2v) is 5.16. The Morgan fingerprint density at radius 1 is 1.47 bits per heavy atom. The van der Waals surface area contributed by atoms with E-state index >= 15 is 0 Å². The molecule has 4 nitrogen and oxygen atoms in total. The SMILES string of the molecule is CC(O)C(C)Sc1cc(C(=O)O)c(N)cc1F. The van der Waals surface area contributed by atoms with Gasteiger partial charge in [-0.25, -0.2) is 9.18 Å². The number of hydrogen-bond donors (Lipinski definition) is 3. The number of aromatic carboxylic acids is 1. The number of thioether (sulfide) groups is 1. The number of carboxylic acid groups (broad SMARTS) is 1. The second-order valence-electron chi connectivity index (χ2n) is 3.74. The number of carbonyl (C=O) groups is 1. The summed E-state index contributed by atoms with van der Waals surface area (Å²) in [5.74, 6) is -1.78. The van der Waals surface area contributed by atoms with Gasteiger partial charge in [0.2, 0.25) is 0 Å². The van der Waals surface area contributed by atoms with Gasteiger partial charge in [0, 0.05) is 15.8 Å². The minimum Gasteiger partial charge on any atom is -0.478 e. The number of hydrogen-bond acceptors (Lipinski definition) is 4. The van der Waals surface area contributed by atoms with Crippen molar-refractivity contribution < 1.29 is 19.4 Å². The summed E-state index contributed by atoms with van der Waals surface area (Å²) in [4.78, 5) is 11.0. The highest BCUT2D eigenvalue weighted by atomic mass is 32.2. The number of nitrogen functional groups attached to an aromatic ring is 1. The molecule has 94 valence electrons. The van der Waals surface area contributed by atoms with E-state index in [1.54, 1.807) is 13.8 Å². The minimum atomic E-state index is -1.20. The zero-order valence-electron chi connectivity index (χ0n) is 9.48. The molecule has 17 heavy (non-hydrogen) atoms. The molecule has 4 N–H and O–H groups in total. The minimum absolute atomic E-state index is 0.107. The molecule has 2 unspecified atom stereocenters. The first-order valence-electron chi connectivity index (χ1n) is 5.00. The van der Waals surface area contributed by atoms with E-state index in [9.17, 15) is 14.3 Å². The van der Waals surface area contributed by atoms with Crippen LogP contribution in [0.1, 0.15) is 24.2 Å². The molecule has 0 radical (unpaired) electrons. The fraction of sp³-hybridized carbons (Fsp3) is 0.364. The predicted octanol–water partition coefficient (Wildman–Crippen LogP) is 1.97. The molecule has 0 amide bonds. The molecule has 0 bridgehead atoms. The van der Waals surface area contributed by atoms with Crippen molar-refractivity contribution in [1.82, 2.24) is 0 Å². The maximum absolute atomic E-state index is 13.5. The van der Waals surface area contributed by atoms with E-state index < -0.39 is 17.9 Å². The average Bonchev–Trinajstić information content (AvgIpc) is 2.21. The number of halogens is 1. The molecule has 0 heterocycles. The van der Waals surface area contributed by atoms with Crippen LogP contribution >= 0.6 is 11.8 Å². The summed E-state index contributed by atoms with van der Waals surface area (Å²) in [5.41, 5.74) is 5.16. The summed E-state index contributed by atoms with van der Waals surface area (Å²) in [5, 5.41) is 17.9. The van der Waals surface area contributed by atoms with Crippen molar-refractivity contribution in [3.05, 3.63) is 23.5 Å². The summed E-state index contributed by atoms with van der Waals surface area (Å²) in [6, 6.07) is 2.18. The largest absolute Gasteiger partial charge is 0.478 e. The molecule has 2 atom stereocenters. The van der Waals surface area contributed by atoms with Crippen molar-refractivity contribution in [3.8, 4) is 0 Å². The van der Waals surface area contributed by atoms with Crippen molar-refractivity contribution in [1.29, 1.82) is 0 Å². The van der Waals surface area contributed by atoms with E-state index in [4.69, 9.17) is 10.8 Å². The molecule has 0 saturated carbocycles. The van der Waals surface area contributed by atoms with Crippen LogP contribution in [0, 0.1) is 5.82 Å². The van der Waals surface area contributed by atoms with Crippen LogP contribution in [-0.4, -0.2) is 27.5 Å². The van der Waals surface area contributed by atoms with Crippen LogP contribution in [0.3, 0.4) is 0 Å². The Morgan fingerprint density at radius 2 is 2.06 bits per heavy atom. The first-order chi connectivity index (χ1) is 7.82. The molecule has 0 aliphatic rings. The fourth-order valence-corrected chi connectivity index (χ4v) is 2.10. The number of aliphatic hydroxyl groups is 1. The lowest BCUT2D eigenvalue weighted by Gasteiger charge is -2.15. The highest BCUT2D eigenvalue weighted by Crippen LogP contribution is 2.30. The third kappa shape index (κ3) is 3.34. The topological polar surface area (TPSA) is 83.5 Å². The highest BCUT2D eigenvalue weighted by molar-refractivity contribution is 8.00. The molecule has 0 aliphatic heterocycles. The molecule has 1 aromatic rings. The van der Waals surface area contributed by atoms with Gasteiger partial charge in [0.1, 0.15) is 5.82 Å². The van der Waals surface area contributed by atoms with Gasteiger partial charge in [-0.1, -0.05) is 6.92 Å². The standard InChI is InChI=1S/C11H14FNO3S/c1-5(14)6(2)17-10-3-7(11(15)16)9(13)4-8(10)12/h3-6,14H,13H2,1-2H3,(H,15,16). The monoisotopic (exact) mass is 259 g/mol. The average molecular weight is 259 g/mol. The van der Waals surface area contributed by atoms with Gasteiger partial charge >= 0.3 is 5.97 Å². The van der Waals surface area contributed by atoms with Crippen molar-refractivity contribution in [2.45, 2.75) is 30.1 Å². The third-order valence-electron chi connectivity index (χ3n) is 2.33. The van der Waals surface area contributed by atoms with Gasteiger partial charge < -0.3 is 15.9 Å². The summed E-state index contributed by atoms with van der Waals surface area (Å²) in [6.45, 7) is 3.32.